The lowest BCUT2D eigenvalue weighted by Gasteiger charge is -2.04. The highest BCUT2D eigenvalue weighted by molar-refractivity contribution is 6.29. The molecule has 7 heteroatoms. The zero-order chi connectivity index (χ0) is 13.1. The highest BCUT2D eigenvalue weighted by Gasteiger charge is 2.08. The van der Waals surface area contributed by atoms with Gasteiger partial charge < -0.3 is 4.57 Å². The van der Waals surface area contributed by atoms with Gasteiger partial charge >= 0.3 is 0 Å². The fourth-order valence-electron chi connectivity index (χ4n) is 1.26. The molecule has 1 amide bonds. The highest BCUT2D eigenvalue weighted by atomic mass is 35.5. The number of anilines is 1. The Bertz CT molecular complexity index is 653. The van der Waals surface area contributed by atoms with Crippen LogP contribution < -0.4 is 10.9 Å². The predicted octanol–water partition coefficient (Wildman–Crippen LogP) is 1.08. The van der Waals surface area contributed by atoms with Gasteiger partial charge in [-0.15, -0.1) is 0 Å². The van der Waals surface area contributed by atoms with Crippen molar-refractivity contribution in [2.75, 3.05) is 5.32 Å². The van der Waals surface area contributed by atoms with Gasteiger partial charge in [0.05, 0.1) is 0 Å². The van der Waals surface area contributed by atoms with Gasteiger partial charge in [0.15, 0.2) is 0 Å². The number of hydrogen-bond donors (Lipinski definition) is 1. The van der Waals surface area contributed by atoms with Crippen LogP contribution in [0.4, 0.5) is 5.95 Å². The molecule has 0 aromatic carbocycles. The lowest BCUT2D eigenvalue weighted by Crippen LogP contribution is -2.20. The van der Waals surface area contributed by atoms with Gasteiger partial charge in [0.2, 0.25) is 5.95 Å². The number of rotatable bonds is 2. The molecule has 18 heavy (non-hydrogen) atoms. The zero-order valence-corrected chi connectivity index (χ0v) is 10.2. The lowest BCUT2D eigenvalue weighted by atomic mass is 10.2. The van der Waals surface area contributed by atoms with Crippen molar-refractivity contribution in [1.82, 2.24) is 14.5 Å². The van der Waals surface area contributed by atoms with Crippen molar-refractivity contribution in [2.45, 2.75) is 0 Å². The molecule has 0 aliphatic heterocycles. The van der Waals surface area contributed by atoms with Crippen LogP contribution in [0.2, 0.25) is 5.15 Å². The van der Waals surface area contributed by atoms with Crippen LogP contribution in [0, 0.1) is 0 Å². The van der Waals surface area contributed by atoms with Crippen molar-refractivity contribution in [1.29, 1.82) is 0 Å². The van der Waals surface area contributed by atoms with Gasteiger partial charge in [0.1, 0.15) is 5.15 Å². The molecule has 0 atom stereocenters. The van der Waals surface area contributed by atoms with Crippen molar-refractivity contribution in [2.24, 2.45) is 7.05 Å². The number of aromatic nitrogens is 3. The minimum atomic E-state index is -0.463. The minimum absolute atomic E-state index is 0.0909. The van der Waals surface area contributed by atoms with Gasteiger partial charge in [-0.2, -0.15) is 0 Å². The second-order valence-corrected chi connectivity index (χ2v) is 3.91. The number of nitrogens with one attached hydrogen (secondary N) is 1. The first-order valence-corrected chi connectivity index (χ1v) is 5.40. The standard InChI is InChI=1S/C11H9ClN4O2/c1-16-5-3-7(6-9(16)17)10(18)15-11-13-4-2-8(12)14-11/h2-6H,1H3,(H,13,14,15,18). The smallest absolute Gasteiger partial charge is 0.258 e. The van der Waals surface area contributed by atoms with E-state index in [1.165, 1.54) is 35.2 Å². The fourth-order valence-corrected chi connectivity index (χ4v) is 1.40. The maximum Gasteiger partial charge on any atom is 0.258 e. The van der Waals surface area contributed by atoms with Gasteiger partial charge in [-0.05, 0) is 12.1 Å². The number of amides is 1. The van der Waals surface area contributed by atoms with Crippen molar-refractivity contribution in [3.8, 4) is 0 Å². The van der Waals surface area contributed by atoms with Gasteiger partial charge in [-0.25, -0.2) is 9.97 Å². The molecule has 0 spiro atoms. The number of carbonyl (C=O) groups excluding carboxylic acids is 1. The van der Waals surface area contributed by atoms with Gasteiger partial charge in [-0.3, -0.25) is 14.9 Å². The first-order valence-electron chi connectivity index (χ1n) is 5.03. The second-order valence-electron chi connectivity index (χ2n) is 3.52. The van der Waals surface area contributed by atoms with Crippen LogP contribution in [0.25, 0.3) is 0 Å². The molecular formula is C11H9ClN4O2. The molecule has 6 nitrogen and oxygen atoms in total. The molecule has 92 valence electrons. The number of aryl methyl sites for hydroxylation is 1. The highest BCUT2D eigenvalue weighted by Crippen LogP contribution is 2.07. The summed E-state index contributed by atoms with van der Waals surface area (Å²) in [4.78, 5) is 30.8. The molecule has 0 fully saturated rings. The molecule has 2 aromatic heterocycles. The SMILES string of the molecule is Cn1ccc(C(=O)Nc2nccc(Cl)n2)cc1=O. The van der Waals surface area contributed by atoms with Crippen LogP contribution in [0.5, 0.6) is 0 Å². The molecule has 0 bridgehead atoms. The van der Waals surface area contributed by atoms with E-state index in [1.807, 2.05) is 0 Å². The summed E-state index contributed by atoms with van der Waals surface area (Å²) in [5.74, 6) is -0.372. The molecule has 0 aliphatic rings. The van der Waals surface area contributed by atoms with E-state index < -0.39 is 5.91 Å². The lowest BCUT2D eigenvalue weighted by molar-refractivity contribution is 0.102. The van der Waals surface area contributed by atoms with Crippen molar-refractivity contribution in [3.05, 3.63) is 51.7 Å². The van der Waals surface area contributed by atoms with Crippen LogP contribution in [-0.2, 0) is 7.05 Å². The van der Waals surface area contributed by atoms with E-state index in [4.69, 9.17) is 11.6 Å². The number of nitrogens with zero attached hydrogens (tertiary/aromatic N) is 3. The average molecular weight is 265 g/mol. The molecule has 0 unspecified atom stereocenters. The van der Waals surface area contributed by atoms with E-state index >= 15 is 0 Å². The largest absolute Gasteiger partial charge is 0.319 e. The van der Waals surface area contributed by atoms with E-state index in [-0.39, 0.29) is 22.2 Å². The molecule has 0 aliphatic carbocycles. The van der Waals surface area contributed by atoms with Gasteiger partial charge in [-0.1, -0.05) is 11.6 Å². The summed E-state index contributed by atoms with van der Waals surface area (Å²) in [7, 11) is 1.60. The van der Waals surface area contributed by atoms with E-state index in [2.05, 4.69) is 15.3 Å². The molecule has 0 radical (unpaired) electrons. The Morgan fingerprint density at radius 1 is 1.44 bits per heavy atom. The number of carbonyl (C=O) groups is 1. The zero-order valence-electron chi connectivity index (χ0n) is 9.42. The summed E-state index contributed by atoms with van der Waals surface area (Å²) in [6.07, 6.45) is 2.94. The predicted molar refractivity (Wildman–Crippen MR) is 66.7 cm³/mol. The first kappa shape index (κ1) is 12.3. The third-order valence-corrected chi connectivity index (χ3v) is 2.42. The third kappa shape index (κ3) is 2.72. The normalized spacial score (nSPS) is 10.1. The Morgan fingerprint density at radius 3 is 2.89 bits per heavy atom. The summed E-state index contributed by atoms with van der Waals surface area (Å²) in [6.45, 7) is 0. The molecule has 2 rings (SSSR count). The summed E-state index contributed by atoms with van der Waals surface area (Å²) in [5.41, 5.74) is -0.0312. The second kappa shape index (κ2) is 4.97. The van der Waals surface area contributed by atoms with E-state index in [0.29, 0.717) is 0 Å². The maximum atomic E-state index is 11.8. The fraction of sp³-hybridized carbons (Fsp3) is 0.0909. The van der Waals surface area contributed by atoms with Crippen LogP contribution in [-0.4, -0.2) is 20.4 Å². The summed E-state index contributed by atoms with van der Waals surface area (Å²) in [6, 6.07) is 4.26. The summed E-state index contributed by atoms with van der Waals surface area (Å²) >= 11 is 5.66. The number of hydrogen-bond acceptors (Lipinski definition) is 4. The molecule has 2 heterocycles. The van der Waals surface area contributed by atoms with Crippen LogP contribution in [0.1, 0.15) is 10.4 Å². The maximum absolute atomic E-state index is 11.8. The summed E-state index contributed by atoms with van der Waals surface area (Å²) in [5, 5.41) is 2.68. The van der Waals surface area contributed by atoms with Gasteiger partial charge in [0, 0.05) is 31.1 Å². The van der Waals surface area contributed by atoms with Crippen LogP contribution in [0.15, 0.2) is 35.4 Å². The van der Waals surface area contributed by atoms with E-state index in [9.17, 15) is 9.59 Å². The van der Waals surface area contributed by atoms with Gasteiger partial charge in [0.25, 0.3) is 11.5 Å². The Kier molecular flexibility index (Phi) is 3.38. The topological polar surface area (TPSA) is 76.9 Å². The van der Waals surface area contributed by atoms with E-state index in [0.717, 1.165) is 0 Å². The Morgan fingerprint density at radius 2 is 2.22 bits per heavy atom. The molecule has 2 aromatic rings. The van der Waals surface area contributed by atoms with Crippen molar-refractivity contribution in [3.63, 3.8) is 0 Å². The van der Waals surface area contributed by atoms with Crippen molar-refractivity contribution < 1.29 is 4.79 Å². The third-order valence-electron chi connectivity index (χ3n) is 2.21. The Balaban J connectivity index is 2.22. The number of halogens is 1. The van der Waals surface area contributed by atoms with Crippen LogP contribution >= 0.6 is 11.6 Å². The summed E-state index contributed by atoms with van der Waals surface area (Å²) < 4.78 is 1.37. The minimum Gasteiger partial charge on any atom is -0.319 e. The molecule has 0 saturated carbocycles. The van der Waals surface area contributed by atoms with Crippen LogP contribution in [0.3, 0.4) is 0 Å². The molecule has 1 N–H and O–H groups in total. The molecular weight excluding hydrogens is 256 g/mol. The first-order chi connectivity index (χ1) is 8.56. The average Bonchev–Trinajstić information content (AvgIpc) is 2.32. The van der Waals surface area contributed by atoms with E-state index in [1.54, 1.807) is 7.05 Å². The number of pyridine rings is 1. The Labute approximate surface area is 107 Å². The van der Waals surface area contributed by atoms with Crippen molar-refractivity contribution >= 4 is 23.5 Å². The quantitative estimate of drug-likeness (QED) is 0.824. The monoisotopic (exact) mass is 264 g/mol. The Hall–Kier alpha value is -2.21. The molecule has 0 saturated heterocycles.